The Hall–Kier alpha value is -1.27. The summed E-state index contributed by atoms with van der Waals surface area (Å²) in [4.78, 5) is 13.3. The fraction of sp³-hybridized carbons (Fsp3) is 0.286. The summed E-state index contributed by atoms with van der Waals surface area (Å²) in [6, 6.07) is 9.62. The van der Waals surface area contributed by atoms with E-state index in [2.05, 4.69) is 26.4 Å². The predicted molar refractivity (Wildman–Crippen MR) is 83.9 cm³/mol. The first-order chi connectivity index (χ1) is 9.58. The summed E-state index contributed by atoms with van der Waals surface area (Å²) < 4.78 is 5.96. The lowest BCUT2D eigenvalue weighted by atomic mass is 10.3. The molecule has 0 aliphatic carbocycles. The van der Waals surface area contributed by atoms with Gasteiger partial charge in [0.1, 0.15) is 5.76 Å². The van der Waals surface area contributed by atoms with Gasteiger partial charge in [-0.2, -0.15) is 0 Å². The Morgan fingerprint density at radius 3 is 2.70 bits per heavy atom. The summed E-state index contributed by atoms with van der Waals surface area (Å²) in [7, 11) is 0. The monoisotopic (exact) mass is 354 g/mol. The topological polar surface area (TPSA) is 55.1 Å². The molecule has 0 bridgehead atoms. The number of benzene rings is 1. The number of carbonyl (C=O) groups is 1. The van der Waals surface area contributed by atoms with E-state index in [1.807, 2.05) is 31.2 Å². The highest BCUT2D eigenvalue weighted by molar-refractivity contribution is 9.10. The third kappa shape index (κ3) is 4.11. The Balaban J connectivity index is 2.00. The number of hydrogen-bond acceptors (Lipinski definition) is 4. The van der Waals surface area contributed by atoms with Gasteiger partial charge in [-0.1, -0.05) is 28.0 Å². The number of halogens is 1. The van der Waals surface area contributed by atoms with E-state index in [9.17, 15) is 4.79 Å². The van der Waals surface area contributed by atoms with E-state index in [-0.39, 0.29) is 11.2 Å². The van der Waals surface area contributed by atoms with Crippen molar-refractivity contribution in [3.05, 3.63) is 40.6 Å². The second-order valence-corrected chi connectivity index (χ2v) is 6.47. The van der Waals surface area contributed by atoms with E-state index in [0.29, 0.717) is 11.6 Å². The average molecular weight is 355 g/mol. The molecule has 20 heavy (non-hydrogen) atoms. The van der Waals surface area contributed by atoms with E-state index < -0.39 is 0 Å². The first kappa shape index (κ1) is 15.1. The number of nitrogens with one attached hydrogen (secondary N) is 1. The highest BCUT2D eigenvalue weighted by Gasteiger charge is 2.19. The van der Waals surface area contributed by atoms with E-state index in [1.165, 1.54) is 0 Å². The second kappa shape index (κ2) is 6.95. The van der Waals surface area contributed by atoms with Gasteiger partial charge in [-0.05, 0) is 37.6 Å². The minimum atomic E-state index is -0.159. The van der Waals surface area contributed by atoms with Gasteiger partial charge in [-0.15, -0.1) is 11.8 Å². The van der Waals surface area contributed by atoms with E-state index >= 15 is 0 Å². The normalized spacial score (nSPS) is 12.2. The van der Waals surface area contributed by atoms with Crippen LogP contribution in [0.5, 0.6) is 0 Å². The van der Waals surface area contributed by atoms with Crippen LogP contribution in [0.3, 0.4) is 0 Å². The molecule has 1 aromatic heterocycles. The summed E-state index contributed by atoms with van der Waals surface area (Å²) in [5.74, 6) is 1.07. The number of rotatable bonds is 5. The lowest BCUT2D eigenvalue weighted by Gasteiger charge is -2.13. The zero-order chi connectivity index (χ0) is 14.5. The van der Waals surface area contributed by atoms with Crippen molar-refractivity contribution in [2.45, 2.75) is 30.4 Å². The smallest absolute Gasteiger partial charge is 0.239 e. The zero-order valence-electron chi connectivity index (χ0n) is 11.2. The molecule has 0 saturated carbocycles. The van der Waals surface area contributed by atoms with Crippen molar-refractivity contribution in [3.63, 3.8) is 0 Å². The molecule has 0 aliphatic rings. The van der Waals surface area contributed by atoms with Gasteiger partial charge >= 0.3 is 0 Å². The molecule has 2 rings (SSSR count). The van der Waals surface area contributed by atoms with Gasteiger partial charge in [-0.3, -0.25) is 4.79 Å². The van der Waals surface area contributed by atoms with Crippen LogP contribution in [0.1, 0.15) is 19.1 Å². The van der Waals surface area contributed by atoms with E-state index in [4.69, 9.17) is 4.52 Å². The number of aryl methyl sites for hydroxylation is 1. The quantitative estimate of drug-likeness (QED) is 0.815. The number of thioether (sulfide) groups is 1. The van der Waals surface area contributed by atoms with E-state index in [1.54, 1.807) is 24.8 Å². The molecule has 1 unspecified atom stereocenters. The molecule has 1 aromatic carbocycles. The number of nitrogens with zero attached hydrogens (tertiary/aromatic N) is 1. The summed E-state index contributed by atoms with van der Waals surface area (Å²) >= 11 is 4.94. The maximum Gasteiger partial charge on any atom is 0.239 e. The standard InChI is InChI=1S/C14H15BrN2O2S/c1-3-12(20-11-6-4-10(15)5-7-11)14(18)16-13-8-9(2)19-17-13/h4-8,12H,3H2,1-2H3,(H,16,17,18). The van der Waals surface area contributed by atoms with Crippen LogP contribution < -0.4 is 5.32 Å². The Labute approximate surface area is 130 Å². The summed E-state index contributed by atoms with van der Waals surface area (Å²) in [5.41, 5.74) is 0. The zero-order valence-corrected chi connectivity index (χ0v) is 13.6. The number of aromatic nitrogens is 1. The molecule has 0 radical (unpaired) electrons. The van der Waals surface area contributed by atoms with Gasteiger partial charge in [0.05, 0.1) is 5.25 Å². The number of hydrogen-bond donors (Lipinski definition) is 1. The molecule has 2 aromatic rings. The van der Waals surface area contributed by atoms with Gasteiger partial charge in [0.25, 0.3) is 0 Å². The second-order valence-electron chi connectivity index (χ2n) is 4.28. The van der Waals surface area contributed by atoms with Crippen LogP contribution in [0.2, 0.25) is 0 Å². The maximum absolute atomic E-state index is 12.2. The van der Waals surface area contributed by atoms with Crippen LogP contribution >= 0.6 is 27.7 Å². The summed E-state index contributed by atoms with van der Waals surface area (Å²) in [6.45, 7) is 3.78. The Bertz CT molecular complexity index is 583. The van der Waals surface area contributed by atoms with Crippen LogP contribution in [0, 0.1) is 6.92 Å². The molecular weight excluding hydrogens is 340 g/mol. The summed E-state index contributed by atoms with van der Waals surface area (Å²) in [5, 5.41) is 6.38. The lowest BCUT2D eigenvalue weighted by Crippen LogP contribution is -2.24. The molecule has 1 amide bonds. The van der Waals surface area contributed by atoms with Crippen LogP contribution in [-0.4, -0.2) is 16.3 Å². The Morgan fingerprint density at radius 2 is 2.15 bits per heavy atom. The van der Waals surface area contributed by atoms with Crippen LogP contribution in [0.25, 0.3) is 0 Å². The third-order valence-electron chi connectivity index (χ3n) is 2.63. The number of amides is 1. The maximum atomic E-state index is 12.2. The van der Waals surface area contributed by atoms with Gasteiger partial charge in [0.15, 0.2) is 5.82 Å². The summed E-state index contributed by atoms with van der Waals surface area (Å²) in [6.07, 6.45) is 0.739. The highest BCUT2D eigenvalue weighted by atomic mass is 79.9. The predicted octanol–water partition coefficient (Wildman–Crippen LogP) is 4.25. The molecular formula is C14H15BrN2O2S. The SMILES string of the molecule is CCC(Sc1ccc(Br)cc1)C(=O)Nc1cc(C)on1. The molecule has 1 N–H and O–H groups in total. The van der Waals surface area contributed by atoms with Gasteiger partial charge in [0.2, 0.25) is 5.91 Å². The molecule has 1 atom stereocenters. The van der Waals surface area contributed by atoms with Crippen LogP contribution in [0.4, 0.5) is 5.82 Å². The minimum absolute atomic E-state index is 0.0614. The fourth-order valence-electron chi connectivity index (χ4n) is 1.63. The first-order valence-electron chi connectivity index (χ1n) is 6.25. The Morgan fingerprint density at radius 1 is 1.45 bits per heavy atom. The van der Waals surface area contributed by atoms with Crippen molar-refractivity contribution in [1.82, 2.24) is 5.16 Å². The van der Waals surface area contributed by atoms with Crippen LogP contribution in [0.15, 0.2) is 44.2 Å². The molecule has 1 heterocycles. The largest absolute Gasteiger partial charge is 0.360 e. The van der Waals surface area contributed by atoms with Crippen molar-refractivity contribution in [1.29, 1.82) is 0 Å². The first-order valence-corrected chi connectivity index (χ1v) is 7.92. The average Bonchev–Trinajstić information content (AvgIpc) is 2.83. The van der Waals surface area contributed by atoms with Gasteiger partial charge in [0, 0.05) is 15.4 Å². The fourth-order valence-corrected chi connectivity index (χ4v) is 2.85. The molecule has 0 aliphatic heterocycles. The van der Waals surface area contributed by atoms with Gasteiger partial charge in [-0.25, -0.2) is 0 Å². The molecule has 106 valence electrons. The highest BCUT2D eigenvalue weighted by Crippen LogP contribution is 2.27. The Kier molecular flexibility index (Phi) is 5.25. The molecule has 0 fully saturated rings. The van der Waals surface area contributed by atoms with E-state index in [0.717, 1.165) is 15.8 Å². The van der Waals surface area contributed by atoms with Crippen LogP contribution in [-0.2, 0) is 4.79 Å². The van der Waals surface area contributed by atoms with Crippen molar-refractivity contribution in [3.8, 4) is 0 Å². The lowest BCUT2D eigenvalue weighted by molar-refractivity contribution is -0.115. The van der Waals surface area contributed by atoms with Crippen molar-refractivity contribution >= 4 is 39.4 Å². The number of anilines is 1. The minimum Gasteiger partial charge on any atom is -0.360 e. The molecule has 0 saturated heterocycles. The molecule has 6 heteroatoms. The third-order valence-corrected chi connectivity index (χ3v) is 4.54. The van der Waals surface area contributed by atoms with Crippen molar-refractivity contribution < 1.29 is 9.32 Å². The van der Waals surface area contributed by atoms with Gasteiger partial charge < -0.3 is 9.84 Å². The number of carbonyl (C=O) groups excluding carboxylic acids is 1. The molecule has 4 nitrogen and oxygen atoms in total. The van der Waals surface area contributed by atoms with Crippen molar-refractivity contribution in [2.75, 3.05) is 5.32 Å². The molecule has 0 spiro atoms. The van der Waals surface area contributed by atoms with Crippen molar-refractivity contribution in [2.24, 2.45) is 0 Å².